The topological polar surface area (TPSA) is 61.8 Å². The first kappa shape index (κ1) is 35.2. The maximum absolute atomic E-state index is 14.3. The third-order valence-corrected chi connectivity index (χ3v) is 7.11. The van der Waals surface area contributed by atoms with Crippen LogP contribution in [0.4, 0.5) is 26.3 Å². The van der Waals surface area contributed by atoms with Crippen molar-refractivity contribution in [2.45, 2.75) is 63.2 Å². The van der Waals surface area contributed by atoms with E-state index in [0.29, 0.717) is 43.1 Å². The summed E-state index contributed by atoms with van der Waals surface area (Å²) in [4.78, 5) is 23.4. The summed E-state index contributed by atoms with van der Waals surface area (Å²) in [5.74, 6) is -0.652. The van der Waals surface area contributed by atoms with Crippen molar-refractivity contribution in [3.63, 3.8) is 0 Å². The number of aryl methyl sites for hydroxylation is 2. The minimum absolute atomic E-state index is 0.0670. The molecule has 0 aromatic heterocycles. The molecule has 0 aliphatic heterocycles. The number of esters is 2. The first-order chi connectivity index (χ1) is 21.3. The van der Waals surface area contributed by atoms with Crippen molar-refractivity contribution in [1.29, 1.82) is 0 Å². The molecular weight excluding hydrogens is 602 g/mol. The molecule has 0 heterocycles. The normalized spacial score (nSPS) is 12.0. The fourth-order valence-corrected chi connectivity index (χ4v) is 4.72. The monoisotopic (exact) mass is 636 g/mol. The molecule has 0 N–H and O–H groups in total. The highest BCUT2D eigenvalue weighted by Crippen LogP contribution is 2.56. The highest BCUT2D eigenvalue weighted by Gasteiger charge is 2.72. The fraction of sp³-hybridized carbons (Fsp3) is 0.353. The van der Waals surface area contributed by atoms with Crippen molar-refractivity contribution in [3.05, 3.63) is 108 Å². The average molecular weight is 637 g/mol. The molecule has 0 amide bonds. The summed E-state index contributed by atoms with van der Waals surface area (Å²) in [5, 5.41) is 0. The summed E-state index contributed by atoms with van der Waals surface area (Å²) in [6.07, 6.45) is -6.67. The van der Waals surface area contributed by atoms with Crippen molar-refractivity contribution < 1.29 is 50.1 Å². The number of unbranched alkanes of at least 4 members (excludes halogenated alkanes) is 3. The van der Waals surface area contributed by atoms with Gasteiger partial charge in [0.25, 0.3) is 0 Å². The van der Waals surface area contributed by atoms with Crippen LogP contribution in [0.3, 0.4) is 0 Å². The van der Waals surface area contributed by atoms with Crippen LogP contribution in [-0.4, -0.2) is 37.5 Å². The van der Waals surface area contributed by atoms with Crippen molar-refractivity contribution in [3.8, 4) is 11.5 Å². The van der Waals surface area contributed by atoms with Gasteiger partial charge in [-0.3, -0.25) is 4.79 Å². The average Bonchev–Trinajstić information content (AvgIpc) is 2.98. The van der Waals surface area contributed by atoms with E-state index in [1.807, 2.05) is 0 Å². The van der Waals surface area contributed by atoms with Crippen LogP contribution in [0.2, 0.25) is 0 Å². The van der Waals surface area contributed by atoms with Gasteiger partial charge in [0.2, 0.25) is 5.41 Å². The predicted octanol–water partition coefficient (Wildman–Crippen LogP) is 8.61. The van der Waals surface area contributed by atoms with E-state index < -0.39 is 40.8 Å². The van der Waals surface area contributed by atoms with E-state index in [1.165, 1.54) is 12.1 Å². The summed E-state index contributed by atoms with van der Waals surface area (Å²) in [7, 11) is 0. The Labute approximate surface area is 257 Å². The van der Waals surface area contributed by atoms with Gasteiger partial charge < -0.3 is 14.2 Å². The number of benzene rings is 3. The molecule has 242 valence electrons. The molecule has 0 aliphatic rings. The molecule has 5 nitrogen and oxygen atoms in total. The second-order valence-electron chi connectivity index (χ2n) is 10.4. The maximum atomic E-state index is 14.3. The minimum Gasteiger partial charge on any atom is -0.494 e. The van der Waals surface area contributed by atoms with Crippen LogP contribution in [0.25, 0.3) is 0 Å². The fourth-order valence-electron chi connectivity index (χ4n) is 4.72. The Bertz CT molecular complexity index is 1380. The number of halogens is 6. The number of rotatable bonds is 15. The molecule has 0 fully saturated rings. The third kappa shape index (κ3) is 9.36. The molecule has 3 rings (SSSR count). The van der Waals surface area contributed by atoms with Gasteiger partial charge >= 0.3 is 24.3 Å². The molecule has 0 atom stereocenters. The number of ether oxygens (including phenoxy) is 3. The first-order valence-corrected chi connectivity index (χ1v) is 14.3. The third-order valence-electron chi connectivity index (χ3n) is 7.11. The lowest BCUT2D eigenvalue weighted by Gasteiger charge is -2.38. The standard InChI is InChI=1S/C34H34F6O5/c1-3-30(41)44-23-7-5-4-6-22-43-28-17-10-25(11-18-28)12-21-31(42)45-29-19-15-27(16-20-29)32(33(35,36)37,34(38,39)40)26-13-8-24(2)9-14-26/h3,8-11,13-20H,1,4-7,12,21-23H2,2H3. The zero-order valence-corrected chi connectivity index (χ0v) is 24.7. The van der Waals surface area contributed by atoms with E-state index in [1.54, 1.807) is 31.2 Å². The summed E-state index contributed by atoms with van der Waals surface area (Å²) in [6.45, 7) is 5.75. The summed E-state index contributed by atoms with van der Waals surface area (Å²) in [6, 6.07) is 14.3. The van der Waals surface area contributed by atoms with Gasteiger partial charge in [-0.1, -0.05) is 60.7 Å². The van der Waals surface area contributed by atoms with Gasteiger partial charge in [0.1, 0.15) is 11.5 Å². The van der Waals surface area contributed by atoms with Crippen molar-refractivity contribution in [1.82, 2.24) is 0 Å². The lowest BCUT2D eigenvalue weighted by molar-refractivity contribution is -0.288. The number of hydrogen-bond acceptors (Lipinski definition) is 5. The van der Waals surface area contributed by atoms with Crippen molar-refractivity contribution in [2.24, 2.45) is 0 Å². The molecule has 3 aromatic carbocycles. The van der Waals surface area contributed by atoms with Gasteiger partial charge in [-0.25, -0.2) is 4.79 Å². The highest BCUT2D eigenvalue weighted by molar-refractivity contribution is 5.81. The molecular formula is C34H34F6O5. The Morgan fingerprint density at radius 2 is 1.22 bits per heavy atom. The smallest absolute Gasteiger partial charge is 0.411 e. The number of hydrogen-bond donors (Lipinski definition) is 0. The Morgan fingerprint density at radius 3 is 1.76 bits per heavy atom. The van der Waals surface area contributed by atoms with Crippen LogP contribution in [0.15, 0.2) is 85.5 Å². The Kier molecular flexibility index (Phi) is 12.2. The van der Waals surface area contributed by atoms with E-state index in [2.05, 4.69) is 6.58 Å². The molecule has 3 aromatic rings. The SMILES string of the molecule is C=CC(=O)OCCCCCCOc1ccc(CCC(=O)Oc2ccc(C(c3ccc(C)cc3)(C(F)(F)F)C(F)(F)F)cc2)cc1. The van der Waals surface area contributed by atoms with E-state index in [0.717, 1.165) is 61.6 Å². The van der Waals surface area contributed by atoms with Gasteiger partial charge in [-0.05, 0) is 80.0 Å². The van der Waals surface area contributed by atoms with E-state index in [4.69, 9.17) is 14.2 Å². The Morgan fingerprint density at radius 1 is 0.711 bits per heavy atom. The molecule has 0 radical (unpaired) electrons. The first-order valence-electron chi connectivity index (χ1n) is 14.3. The lowest BCUT2D eigenvalue weighted by Crippen LogP contribution is -2.54. The minimum atomic E-state index is -5.70. The van der Waals surface area contributed by atoms with Crippen LogP contribution >= 0.6 is 0 Å². The summed E-state index contributed by atoms with van der Waals surface area (Å²) >= 11 is 0. The zero-order chi connectivity index (χ0) is 33.1. The van der Waals surface area contributed by atoms with E-state index in [-0.39, 0.29) is 12.2 Å². The molecule has 0 aliphatic carbocycles. The largest absolute Gasteiger partial charge is 0.494 e. The molecule has 0 spiro atoms. The van der Waals surface area contributed by atoms with Crippen LogP contribution in [0.5, 0.6) is 11.5 Å². The Hall–Kier alpha value is -4.28. The van der Waals surface area contributed by atoms with Crippen molar-refractivity contribution >= 4 is 11.9 Å². The van der Waals surface area contributed by atoms with Crippen LogP contribution in [0, 0.1) is 6.92 Å². The lowest BCUT2D eigenvalue weighted by atomic mass is 9.72. The predicted molar refractivity (Wildman–Crippen MR) is 156 cm³/mol. The highest BCUT2D eigenvalue weighted by atomic mass is 19.4. The molecule has 0 saturated carbocycles. The van der Waals surface area contributed by atoms with Crippen molar-refractivity contribution in [2.75, 3.05) is 13.2 Å². The number of carbonyl (C=O) groups is 2. The molecule has 45 heavy (non-hydrogen) atoms. The summed E-state index contributed by atoms with van der Waals surface area (Å²) in [5.41, 5.74) is -4.96. The second kappa shape index (κ2) is 15.6. The zero-order valence-electron chi connectivity index (χ0n) is 24.7. The summed E-state index contributed by atoms with van der Waals surface area (Å²) < 4.78 is 101. The molecule has 11 heteroatoms. The van der Waals surface area contributed by atoms with Crippen LogP contribution < -0.4 is 9.47 Å². The van der Waals surface area contributed by atoms with Gasteiger partial charge in [-0.2, -0.15) is 26.3 Å². The molecule has 0 saturated heterocycles. The number of carbonyl (C=O) groups excluding carboxylic acids is 2. The van der Waals surface area contributed by atoms with Gasteiger partial charge in [0.05, 0.1) is 13.2 Å². The quantitative estimate of drug-likeness (QED) is 0.0550. The van der Waals surface area contributed by atoms with Crippen LogP contribution in [-0.2, 0) is 26.2 Å². The Balaban J connectivity index is 1.52. The van der Waals surface area contributed by atoms with E-state index in [9.17, 15) is 35.9 Å². The van der Waals surface area contributed by atoms with Gasteiger partial charge in [-0.15, -0.1) is 0 Å². The molecule has 0 bridgehead atoms. The van der Waals surface area contributed by atoms with Gasteiger partial charge in [0, 0.05) is 12.5 Å². The van der Waals surface area contributed by atoms with Gasteiger partial charge in [0.15, 0.2) is 0 Å². The van der Waals surface area contributed by atoms with Crippen LogP contribution in [0.1, 0.15) is 54.4 Å². The maximum Gasteiger partial charge on any atom is 0.411 e. The van der Waals surface area contributed by atoms with E-state index >= 15 is 0 Å². The molecule has 0 unspecified atom stereocenters. The second-order valence-corrected chi connectivity index (χ2v) is 10.4. The number of alkyl halides is 6.